The van der Waals surface area contributed by atoms with E-state index in [2.05, 4.69) is 15.7 Å². The van der Waals surface area contributed by atoms with Gasteiger partial charge in [-0.2, -0.15) is 5.10 Å². The highest BCUT2D eigenvalue weighted by Crippen LogP contribution is 2.23. The summed E-state index contributed by atoms with van der Waals surface area (Å²) in [5.41, 5.74) is 2.87. The maximum atomic E-state index is 13.3. The van der Waals surface area contributed by atoms with Crippen LogP contribution in [0, 0.1) is 5.82 Å². The summed E-state index contributed by atoms with van der Waals surface area (Å²) in [6.45, 7) is 1.43. The van der Waals surface area contributed by atoms with Gasteiger partial charge in [0.15, 0.2) is 5.69 Å². The normalized spacial score (nSPS) is 10.7. The molecule has 7 heteroatoms. The Morgan fingerprint density at radius 3 is 2.14 bits per heavy atom. The second kappa shape index (κ2) is 7.55. The van der Waals surface area contributed by atoms with Crippen molar-refractivity contribution in [3.8, 4) is 5.69 Å². The number of carbonyl (C=O) groups is 2. The number of halogens is 1. The van der Waals surface area contributed by atoms with Crippen LogP contribution < -0.4 is 10.6 Å². The average Bonchev–Trinajstić information content (AvgIpc) is 3.10. The molecular weight excluding hydrogens is 371 g/mol. The Hall–Kier alpha value is -4.00. The molecule has 0 fully saturated rings. The molecule has 3 aromatic carbocycles. The van der Waals surface area contributed by atoms with Crippen molar-refractivity contribution in [1.82, 2.24) is 9.78 Å². The van der Waals surface area contributed by atoms with Crippen LogP contribution in [0.5, 0.6) is 0 Å². The molecule has 0 aliphatic rings. The Morgan fingerprint density at radius 2 is 1.48 bits per heavy atom. The van der Waals surface area contributed by atoms with Crippen molar-refractivity contribution in [2.45, 2.75) is 6.92 Å². The predicted octanol–water partition coefficient (Wildman–Crippen LogP) is 4.38. The van der Waals surface area contributed by atoms with Crippen molar-refractivity contribution in [3.05, 3.63) is 84.3 Å². The summed E-state index contributed by atoms with van der Waals surface area (Å²) in [7, 11) is 0. The van der Waals surface area contributed by atoms with E-state index in [-0.39, 0.29) is 23.3 Å². The molecule has 0 atom stereocenters. The van der Waals surface area contributed by atoms with Gasteiger partial charge in [-0.05, 0) is 54.6 Å². The van der Waals surface area contributed by atoms with Gasteiger partial charge in [0.2, 0.25) is 5.91 Å². The molecule has 29 heavy (non-hydrogen) atoms. The van der Waals surface area contributed by atoms with Crippen LogP contribution in [0.15, 0.2) is 72.8 Å². The summed E-state index contributed by atoms with van der Waals surface area (Å²) in [5, 5.41) is 10.6. The first-order chi connectivity index (χ1) is 14.0. The molecule has 0 bridgehead atoms. The number of anilines is 2. The van der Waals surface area contributed by atoms with E-state index < -0.39 is 0 Å². The Kier molecular flexibility index (Phi) is 4.78. The highest BCUT2D eigenvalue weighted by molar-refractivity contribution is 6.11. The lowest BCUT2D eigenvalue weighted by Crippen LogP contribution is -2.13. The molecule has 0 aliphatic carbocycles. The van der Waals surface area contributed by atoms with Crippen LogP contribution in [0.25, 0.3) is 16.6 Å². The van der Waals surface area contributed by atoms with E-state index in [0.29, 0.717) is 22.4 Å². The van der Waals surface area contributed by atoms with Gasteiger partial charge in [-0.15, -0.1) is 0 Å². The Labute approximate surface area is 166 Å². The van der Waals surface area contributed by atoms with Crippen LogP contribution in [0.2, 0.25) is 0 Å². The van der Waals surface area contributed by atoms with Crippen molar-refractivity contribution in [2.75, 3.05) is 10.6 Å². The lowest BCUT2D eigenvalue weighted by Gasteiger charge is -2.06. The fourth-order valence-electron chi connectivity index (χ4n) is 3.04. The lowest BCUT2D eigenvalue weighted by atomic mass is 10.2. The quantitative estimate of drug-likeness (QED) is 0.545. The molecule has 144 valence electrons. The minimum Gasteiger partial charge on any atom is -0.326 e. The molecule has 6 nitrogen and oxygen atoms in total. The van der Waals surface area contributed by atoms with Gasteiger partial charge < -0.3 is 10.6 Å². The zero-order valence-electron chi connectivity index (χ0n) is 15.5. The monoisotopic (exact) mass is 388 g/mol. The van der Waals surface area contributed by atoms with E-state index >= 15 is 0 Å². The van der Waals surface area contributed by atoms with E-state index in [1.807, 2.05) is 24.3 Å². The number of carbonyl (C=O) groups excluding carboxylic acids is 2. The van der Waals surface area contributed by atoms with Gasteiger partial charge in [-0.1, -0.05) is 18.2 Å². The lowest BCUT2D eigenvalue weighted by molar-refractivity contribution is -0.114. The molecule has 2 amide bonds. The third-order valence-corrected chi connectivity index (χ3v) is 4.34. The maximum Gasteiger partial charge on any atom is 0.276 e. The highest BCUT2D eigenvalue weighted by atomic mass is 19.1. The molecule has 1 aromatic heterocycles. The number of hydrogen-bond donors (Lipinski definition) is 2. The third kappa shape index (κ3) is 3.84. The largest absolute Gasteiger partial charge is 0.326 e. The first-order valence-corrected chi connectivity index (χ1v) is 8.94. The maximum absolute atomic E-state index is 13.3. The molecular formula is C22H17FN4O2. The standard InChI is InChI=1S/C22H17FN4O2/c1-14(28)24-16-8-10-17(11-9-16)25-22(29)21-19-4-2-3-5-20(19)27(26-21)18-12-6-15(23)7-13-18/h2-13H,1H3,(H,24,28)(H,25,29). The number of rotatable bonds is 4. The molecule has 2 N–H and O–H groups in total. The van der Waals surface area contributed by atoms with Crippen LogP contribution in [-0.2, 0) is 4.79 Å². The number of benzene rings is 3. The molecule has 0 saturated carbocycles. The topological polar surface area (TPSA) is 76.0 Å². The summed E-state index contributed by atoms with van der Waals surface area (Å²) in [6, 6.07) is 20.1. The van der Waals surface area contributed by atoms with Crippen LogP contribution in [0.4, 0.5) is 15.8 Å². The van der Waals surface area contributed by atoms with E-state index in [1.165, 1.54) is 19.1 Å². The van der Waals surface area contributed by atoms with Gasteiger partial charge >= 0.3 is 0 Å². The molecule has 0 radical (unpaired) electrons. The summed E-state index contributed by atoms with van der Waals surface area (Å²) >= 11 is 0. The minimum atomic E-state index is -0.366. The van der Waals surface area contributed by atoms with Gasteiger partial charge in [0.05, 0.1) is 11.2 Å². The molecule has 4 rings (SSSR count). The summed E-state index contributed by atoms with van der Waals surface area (Å²) in [6.07, 6.45) is 0. The molecule has 4 aromatic rings. The zero-order valence-corrected chi connectivity index (χ0v) is 15.5. The van der Waals surface area contributed by atoms with Gasteiger partial charge in [0.25, 0.3) is 5.91 Å². The molecule has 0 saturated heterocycles. The molecule has 0 spiro atoms. The van der Waals surface area contributed by atoms with Crippen molar-refractivity contribution in [1.29, 1.82) is 0 Å². The number of aromatic nitrogens is 2. The van der Waals surface area contributed by atoms with Gasteiger partial charge in [0.1, 0.15) is 5.82 Å². The highest BCUT2D eigenvalue weighted by Gasteiger charge is 2.18. The number of nitrogens with zero attached hydrogens (tertiary/aromatic N) is 2. The fourth-order valence-corrected chi connectivity index (χ4v) is 3.04. The van der Waals surface area contributed by atoms with Crippen LogP contribution in [0.3, 0.4) is 0 Å². The number of fused-ring (bicyclic) bond motifs is 1. The van der Waals surface area contributed by atoms with E-state index in [9.17, 15) is 14.0 Å². The summed E-state index contributed by atoms with van der Waals surface area (Å²) in [5.74, 6) is -0.875. The van der Waals surface area contributed by atoms with Gasteiger partial charge in [-0.25, -0.2) is 9.07 Å². The second-order valence-corrected chi connectivity index (χ2v) is 6.47. The van der Waals surface area contributed by atoms with Crippen molar-refractivity contribution in [2.24, 2.45) is 0 Å². The molecule has 0 unspecified atom stereocenters. The van der Waals surface area contributed by atoms with Crippen LogP contribution in [0.1, 0.15) is 17.4 Å². The number of para-hydroxylation sites is 1. The van der Waals surface area contributed by atoms with E-state index in [1.54, 1.807) is 41.1 Å². The van der Waals surface area contributed by atoms with Crippen molar-refractivity contribution >= 4 is 34.1 Å². The Morgan fingerprint density at radius 1 is 0.862 bits per heavy atom. The molecule has 0 aliphatic heterocycles. The van der Waals surface area contributed by atoms with Crippen LogP contribution >= 0.6 is 0 Å². The average molecular weight is 388 g/mol. The van der Waals surface area contributed by atoms with Crippen molar-refractivity contribution in [3.63, 3.8) is 0 Å². The summed E-state index contributed by atoms with van der Waals surface area (Å²) < 4.78 is 14.9. The van der Waals surface area contributed by atoms with Gasteiger partial charge in [-0.3, -0.25) is 9.59 Å². The zero-order chi connectivity index (χ0) is 20.4. The van der Waals surface area contributed by atoms with E-state index in [4.69, 9.17) is 0 Å². The van der Waals surface area contributed by atoms with Gasteiger partial charge in [0, 0.05) is 23.7 Å². The van der Waals surface area contributed by atoms with E-state index in [0.717, 1.165) is 5.52 Å². The Bertz CT molecular complexity index is 1200. The predicted molar refractivity (Wildman–Crippen MR) is 110 cm³/mol. The van der Waals surface area contributed by atoms with Crippen LogP contribution in [-0.4, -0.2) is 21.6 Å². The number of amides is 2. The minimum absolute atomic E-state index is 0.167. The third-order valence-electron chi connectivity index (χ3n) is 4.34. The SMILES string of the molecule is CC(=O)Nc1ccc(NC(=O)c2nn(-c3ccc(F)cc3)c3ccccc23)cc1. The smallest absolute Gasteiger partial charge is 0.276 e. The molecule has 1 heterocycles. The van der Waals surface area contributed by atoms with Crippen molar-refractivity contribution < 1.29 is 14.0 Å². The summed E-state index contributed by atoms with van der Waals surface area (Å²) in [4.78, 5) is 24.0. The number of hydrogen-bond acceptors (Lipinski definition) is 3. The number of nitrogens with one attached hydrogen (secondary N) is 2. The first-order valence-electron chi connectivity index (χ1n) is 8.94. The second-order valence-electron chi connectivity index (χ2n) is 6.47. The fraction of sp³-hybridized carbons (Fsp3) is 0.0455. The Balaban J connectivity index is 1.66. The first kappa shape index (κ1) is 18.4.